The van der Waals surface area contributed by atoms with E-state index in [-0.39, 0.29) is 6.04 Å². The van der Waals surface area contributed by atoms with E-state index in [1.165, 1.54) is 15.6 Å². The summed E-state index contributed by atoms with van der Waals surface area (Å²) in [4.78, 5) is 0. The van der Waals surface area contributed by atoms with Crippen LogP contribution in [-0.4, -0.2) is 13.2 Å². The molecule has 0 fully saturated rings. The molecular formula is C18H19NOS. The molecule has 3 aromatic rings. The van der Waals surface area contributed by atoms with Gasteiger partial charge in [-0.25, -0.2) is 0 Å². The third-order valence-corrected chi connectivity index (χ3v) is 4.47. The molecule has 3 rings (SSSR count). The van der Waals surface area contributed by atoms with Gasteiger partial charge in [0.15, 0.2) is 0 Å². The predicted octanol–water partition coefficient (Wildman–Crippen LogP) is 4.63. The molecule has 0 bridgehead atoms. The lowest BCUT2D eigenvalue weighted by Gasteiger charge is -2.19. The van der Waals surface area contributed by atoms with Gasteiger partial charge in [0, 0.05) is 4.70 Å². The van der Waals surface area contributed by atoms with Crippen LogP contribution in [0.2, 0.25) is 0 Å². The van der Waals surface area contributed by atoms with Crippen molar-refractivity contribution in [2.45, 2.75) is 13.0 Å². The highest BCUT2D eigenvalue weighted by atomic mass is 32.1. The first kappa shape index (κ1) is 14.1. The molecule has 3 heteroatoms. The maximum absolute atomic E-state index is 5.94. The first-order chi connectivity index (χ1) is 10.4. The van der Waals surface area contributed by atoms with Crippen molar-refractivity contribution in [3.05, 3.63) is 65.5 Å². The fourth-order valence-corrected chi connectivity index (χ4v) is 3.46. The van der Waals surface area contributed by atoms with Crippen molar-refractivity contribution in [3.8, 4) is 5.75 Å². The summed E-state index contributed by atoms with van der Waals surface area (Å²) in [6, 6.07) is 18.8. The number of fused-ring (bicyclic) bond motifs is 1. The minimum absolute atomic E-state index is 0.206. The van der Waals surface area contributed by atoms with E-state index in [9.17, 15) is 0 Å². The standard InChI is InChI=1S/C18H19NOS/c1-2-19-17(13-20-15-8-4-3-5-9-15)16-10-6-7-14-11-12-21-18(14)16/h3-12,17,19H,2,13H2,1H3. The summed E-state index contributed by atoms with van der Waals surface area (Å²) in [5.74, 6) is 0.916. The molecule has 0 radical (unpaired) electrons. The van der Waals surface area contributed by atoms with Crippen LogP contribution in [0.5, 0.6) is 5.75 Å². The smallest absolute Gasteiger partial charge is 0.119 e. The van der Waals surface area contributed by atoms with Gasteiger partial charge in [0.2, 0.25) is 0 Å². The van der Waals surface area contributed by atoms with E-state index in [4.69, 9.17) is 4.74 Å². The Labute approximate surface area is 129 Å². The normalized spacial score (nSPS) is 12.4. The van der Waals surface area contributed by atoms with Crippen molar-refractivity contribution in [1.82, 2.24) is 5.32 Å². The summed E-state index contributed by atoms with van der Waals surface area (Å²) in [6.07, 6.45) is 0. The summed E-state index contributed by atoms with van der Waals surface area (Å²) >= 11 is 1.79. The van der Waals surface area contributed by atoms with Crippen LogP contribution in [0.15, 0.2) is 60.0 Å². The van der Waals surface area contributed by atoms with Crippen molar-refractivity contribution in [3.63, 3.8) is 0 Å². The molecule has 108 valence electrons. The number of para-hydroxylation sites is 1. The van der Waals surface area contributed by atoms with Gasteiger partial charge in [-0.2, -0.15) is 0 Å². The van der Waals surface area contributed by atoms with Gasteiger partial charge in [0.25, 0.3) is 0 Å². The van der Waals surface area contributed by atoms with Gasteiger partial charge in [0.1, 0.15) is 12.4 Å². The minimum Gasteiger partial charge on any atom is -0.492 e. The first-order valence-corrected chi connectivity index (χ1v) is 8.14. The average Bonchev–Trinajstić information content (AvgIpc) is 3.01. The number of hydrogen-bond acceptors (Lipinski definition) is 3. The van der Waals surface area contributed by atoms with Crippen molar-refractivity contribution < 1.29 is 4.74 Å². The molecule has 0 amide bonds. The molecular weight excluding hydrogens is 278 g/mol. The summed E-state index contributed by atoms with van der Waals surface area (Å²) in [5, 5.41) is 6.99. The van der Waals surface area contributed by atoms with Crippen LogP contribution >= 0.6 is 11.3 Å². The van der Waals surface area contributed by atoms with Crippen LogP contribution in [0.1, 0.15) is 18.5 Å². The fraction of sp³-hybridized carbons (Fsp3) is 0.222. The Balaban J connectivity index is 1.82. The molecule has 1 heterocycles. The molecule has 0 saturated heterocycles. The van der Waals surface area contributed by atoms with E-state index < -0.39 is 0 Å². The van der Waals surface area contributed by atoms with Crippen LogP contribution in [-0.2, 0) is 0 Å². The molecule has 0 saturated carbocycles. The molecule has 0 spiro atoms. The lowest BCUT2D eigenvalue weighted by atomic mass is 10.1. The number of nitrogens with one attached hydrogen (secondary N) is 1. The van der Waals surface area contributed by atoms with Gasteiger partial charge >= 0.3 is 0 Å². The van der Waals surface area contributed by atoms with Crippen molar-refractivity contribution in [1.29, 1.82) is 0 Å². The molecule has 1 atom stereocenters. The molecule has 2 nitrogen and oxygen atoms in total. The molecule has 0 aliphatic carbocycles. The molecule has 0 aliphatic rings. The van der Waals surface area contributed by atoms with Crippen molar-refractivity contribution >= 4 is 21.4 Å². The zero-order valence-corrected chi connectivity index (χ0v) is 12.9. The summed E-state index contributed by atoms with van der Waals surface area (Å²) in [7, 11) is 0. The zero-order chi connectivity index (χ0) is 14.5. The molecule has 1 aromatic heterocycles. The molecule has 1 N–H and O–H groups in total. The number of ether oxygens (including phenoxy) is 1. The van der Waals surface area contributed by atoms with Gasteiger partial charge in [-0.05, 0) is 41.1 Å². The lowest BCUT2D eigenvalue weighted by Crippen LogP contribution is -2.26. The SMILES string of the molecule is CCNC(COc1ccccc1)c1cccc2ccsc12. The quantitative estimate of drug-likeness (QED) is 0.716. The van der Waals surface area contributed by atoms with Gasteiger partial charge < -0.3 is 10.1 Å². The number of rotatable bonds is 6. The number of hydrogen-bond donors (Lipinski definition) is 1. The van der Waals surface area contributed by atoms with Crippen molar-refractivity contribution in [2.24, 2.45) is 0 Å². The highest BCUT2D eigenvalue weighted by Crippen LogP contribution is 2.29. The zero-order valence-electron chi connectivity index (χ0n) is 12.1. The third kappa shape index (κ3) is 3.26. The number of likely N-dealkylation sites (N-methyl/N-ethyl adjacent to an activating group) is 1. The van der Waals surface area contributed by atoms with E-state index >= 15 is 0 Å². The Morgan fingerprint density at radius 1 is 1.05 bits per heavy atom. The maximum Gasteiger partial charge on any atom is 0.119 e. The Kier molecular flexibility index (Phi) is 4.53. The fourth-order valence-electron chi connectivity index (χ4n) is 2.49. The van der Waals surface area contributed by atoms with Crippen LogP contribution in [0, 0.1) is 0 Å². The van der Waals surface area contributed by atoms with Crippen LogP contribution in [0.25, 0.3) is 10.1 Å². The van der Waals surface area contributed by atoms with E-state index in [1.54, 1.807) is 11.3 Å². The van der Waals surface area contributed by atoms with Crippen LogP contribution in [0.4, 0.5) is 0 Å². The number of benzene rings is 2. The largest absolute Gasteiger partial charge is 0.492 e. The summed E-state index contributed by atoms with van der Waals surface area (Å²) in [6.45, 7) is 3.68. The predicted molar refractivity (Wildman–Crippen MR) is 90.2 cm³/mol. The topological polar surface area (TPSA) is 21.3 Å². The summed E-state index contributed by atoms with van der Waals surface area (Å²) < 4.78 is 7.29. The maximum atomic E-state index is 5.94. The minimum atomic E-state index is 0.206. The van der Waals surface area contributed by atoms with E-state index in [2.05, 4.69) is 41.9 Å². The molecule has 0 aliphatic heterocycles. The van der Waals surface area contributed by atoms with E-state index in [1.807, 2.05) is 30.3 Å². The Morgan fingerprint density at radius 2 is 1.90 bits per heavy atom. The van der Waals surface area contributed by atoms with Gasteiger partial charge in [0.05, 0.1) is 6.04 Å². The summed E-state index contributed by atoms with van der Waals surface area (Å²) in [5.41, 5.74) is 1.32. The second kappa shape index (κ2) is 6.74. The van der Waals surface area contributed by atoms with Crippen LogP contribution < -0.4 is 10.1 Å². The monoisotopic (exact) mass is 297 g/mol. The Bertz CT molecular complexity index is 693. The average molecular weight is 297 g/mol. The Morgan fingerprint density at radius 3 is 2.71 bits per heavy atom. The second-order valence-electron chi connectivity index (χ2n) is 4.92. The van der Waals surface area contributed by atoms with Crippen molar-refractivity contribution in [2.75, 3.05) is 13.2 Å². The Hall–Kier alpha value is -1.84. The lowest BCUT2D eigenvalue weighted by molar-refractivity contribution is 0.269. The highest BCUT2D eigenvalue weighted by Gasteiger charge is 2.15. The first-order valence-electron chi connectivity index (χ1n) is 7.26. The molecule has 21 heavy (non-hydrogen) atoms. The second-order valence-corrected chi connectivity index (χ2v) is 5.84. The van der Waals surface area contributed by atoms with Gasteiger partial charge in [-0.15, -0.1) is 11.3 Å². The molecule has 2 aromatic carbocycles. The van der Waals surface area contributed by atoms with Gasteiger partial charge in [-0.1, -0.05) is 43.3 Å². The van der Waals surface area contributed by atoms with E-state index in [0.29, 0.717) is 6.61 Å². The molecule has 1 unspecified atom stereocenters. The third-order valence-electron chi connectivity index (χ3n) is 3.50. The highest BCUT2D eigenvalue weighted by molar-refractivity contribution is 7.17. The van der Waals surface area contributed by atoms with E-state index in [0.717, 1.165) is 12.3 Å². The van der Waals surface area contributed by atoms with Gasteiger partial charge in [-0.3, -0.25) is 0 Å². The van der Waals surface area contributed by atoms with Crippen LogP contribution in [0.3, 0.4) is 0 Å². The number of thiophene rings is 1.